The topological polar surface area (TPSA) is 72.1 Å². The van der Waals surface area contributed by atoms with Gasteiger partial charge in [-0.3, -0.25) is 0 Å². The van der Waals surface area contributed by atoms with Gasteiger partial charge in [0.1, 0.15) is 12.1 Å². The molecule has 1 saturated heterocycles. The molecule has 25 heavy (non-hydrogen) atoms. The Labute approximate surface area is 148 Å². The highest BCUT2D eigenvalue weighted by molar-refractivity contribution is 7.17. The van der Waals surface area contributed by atoms with E-state index in [1.165, 1.54) is 4.70 Å². The second kappa shape index (κ2) is 5.73. The van der Waals surface area contributed by atoms with Gasteiger partial charge in [0.25, 0.3) is 0 Å². The molecule has 1 aliphatic heterocycles. The van der Waals surface area contributed by atoms with E-state index in [-0.39, 0.29) is 0 Å². The zero-order valence-corrected chi connectivity index (χ0v) is 14.6. The normalized spacial score (nSPS) is 16.1. The molecule has 7 nitrogen and oxygen atoms in total. The Balaban J connectivity index is 1.41. The monoisotopic (exact) mass is 351 g/mol. The summed E-state index contributed by atoms with van der Waals surface area (Å²) in [5.41, 5.74) is 2.83. The Morgan fingerprint density at radius 2 is 1.96 bits per heavy atom. The summed E-state index contributed by atoms with van der Waals surface area (Å²) < 4.78 is 3.07. The molecule has 126 valence electrons. The van der Waals surface area contributed by atoms with Gasteiger partial charge in [-0.15, -0.1) is 21.5 Å². The second-order valence-electron chi connectivity index (χ2n) is 6.40. The molecule has 5 rings (SSSR count). The highest BCUT2D eigenvalue weighted by Crippen LogP contribution is 2.33. The van der Waals surface area contributed by atoms with E-state index < -0.39 is 0 Å². The summed E-state index contributed by atoms with van der Waals surface area (Å²) in [6, 6.07) is 5.99. The fourth-order valence-electron chi connectivity index (χ4n) is 3.50. The molecule has 0 spiro atoms. The van der Waals surface area contributed by atoms with Crippen LogP contribution in [-0.2, 0) is 0 Å². The molecule has 0 bridgehead atoms. The van der Waals surface area contributed by atoms with E-state index in [9.17, 15) is 0 Å². The van der Waals surface area contributed by atoms with E-state index in [1.807, 2.05) is 29.6 Å². The minimum Gasteiger partial charge on any atom is -0.355 e. The third-order valence-corrected chi connectivity index (χ3v) is 5.70. The molecule has 0 amide bonds. The van der Waals surface area contributed by atoms with Gasteiger partial charge in [-0.2, -0.15) is 9.61 Å². The number of nitrogens with zero attached hydrogens (tertiary/aromatic N) is 7. The van der Waals surface area contributed by atoms with E-state index in [4.69, 9.17) is 0 Å². The zero-order valence-electron chi connectivity index (χ0n) is 13.8. The number of rotatable bonds is 2. The van der Waals surface area contributed by atoms with Crippen LogP contribution in [0.5, 0.6) is 0 Å². The van der Waals surface area contributed by atoms with Gasteiger partial charge in [-0.05, 0) is 43.3 Å². The molecule has 0 aliphatic carbocycles. The number of hydrogen-bond donors (Lipinski definition) is 0. The van der Waals surface area contributed by atoms with Crippen molar-refractivity contribution >= 4 is 33.0 Å². The fraction of sp³-hybridized carbons (Fsp3) is 0.353. The summed E-state index contributed by atoms with van der Waals surface area (Å²) >= 11 is 1.71. The Bertz CT molecular complexity index is 1050. The van der Waals surface area contributed by atoms with Gasteiger partial charge in [-0.1, -0.05) is 0 Å². The maximum atomic E-state index is 4.58. The van der Waals surface area contributed by atoms with E-state index >= 15 is 0 Å². The first-order valence-corrected chi connectivity index (χ1v) is 9.30. The SMILES string of the molecule is Cc1ccc2nnc(C3CCN(c4ncnc5ccsc45)CC3)n2n1. The van der Waals surface area contributed by atoms with Crippen LogP contribution in [-0.4, -0.2) is 42.9 Å². The predicted molar refractivity (Wildman–Crippen MR) is 97.1 cm³/mol. The molecular weight excluding hydrogens is 334 g/mol. The van der Waals surface area contributed by atoms with Crippen LogP contribution in [0.3, 0.4) is 0 Å². The maximum absolute atomic E-state index is 4.58. The number of fused-ring (bicyclic) bond motifs is 2. The molecule has 4 aromatic heterocycles. The number of aromatic nitrogens is 6. The molecule has 0 atom stereocenters. The quantitative estimate of drug-likeness (QED) is 0.553. The second-order valence-corrected chi connectivity index (χ2v) is 7.31. The molecule has 4 aromatic rings. The van der Waals surface area contributed by atoms with Crippen LogP contribution in [0.25, 0.3) is 15.9 Å². The lowest BCUT2D eigenvalue weighted by atomic mass is 9.96. The Hall–Kier alpha value is -2.61. The molecular formula is C17H17N7S. The van der Waals surface area contributed by atoms with Crippen LogP contribution in [0, 0.1) is 6.92 Å². The van der Waals surface area contributed by atoms with Gasteiger partial charge in [0.2, 0.25) is 0 Å². The van der Waals surface area contributed by atoms with Crippen molar-refractivity contribution in [3.8, 4) is 0 Å². The van der Waals surface area contributed by atoms with Gasteiger partial charge in [0, 0.05) is 19.0 Å². The summed E-state index contributed by atoms with van der Waals surface area (Å²) in [4.78, 5) is 11.2. The Kier molecular flexibility index (Phi) is 3.37. The minimum atomic E-state index is 0.376. The standard InChI is InChI=1S/C17H17N7S/c1-11-2-3-14-20-21-16(24(14)22-11)12-4-7-23(8-5-12)17-15-13(6-9-25-15)18-10-19-17/h2-3,6,9-10,12H,4-5,7-8H2,1H3. The highest BCUT2D eigenvalue weighted by atomic mass is 32.1. The predicted octanol–water partition coefficient (Wildman–Crippen LogP) is 2.82. The smallest absolute Gasteiger partial charge is 0.177 e. The summed E-state index contributed by atoms with van der Waals surface area (Å²) in [5, 5.41) is 15.3. The van der Waals surface area contributed by atoms with Crippen molar-refractivity contribution in [3.05, 3.63) is 41.4 Å². The average Bonchev–Trinajstić information content (AvgIpc) is 3.28. The van der Waals surface area contributed by atoms with Crippen molar-refractivity contribution in [2.45, 2.75) is 25.7 Å². The lowest BCUT2D eigenvalue weighted by Gasteiger charge is -2.32. The summed E-state index contributed by atoms with van der Waals surface area (Å²) in [6.45, 7) is 3.90. The highest BCUT2D eigenvalue weighted by Gasteiger charge is 2.26. The number of piperidine rings is 1. The maximum Gasteiger partial charge on any atom is 0.177 e. The van der Waals surface area contributed by atoms with Crippen LogP contribution < -0.4 is 4.90 Å². The van der Waals surface area contributed by atoms with Crippen LogP contribution in [0.4, 0.5) is 5.82 Å². The molecule has 8 heteroatoms. The number of hydrogen-bond acceptors (Lipinski definition) is 7. The number of thiophene rings is 1. The van der Waals surface area contributed by atoms with Crippen LogP contribution >= 0.6 is 11.3 Å². The first-order valence-electron chi connectivity index (χ1n) is 8.42. The number of anilines is 1. The van der Waals surface area contributed by atoms with E-state index in [0.29, 0.717) is 5.92 Å². The molecule has 5 heterocycles. The van der Waals surface area contributed by atoms with Crippen LogP contribution in [0.2, 0.25) is 0 Å². The lowest BCUT2D eigenvalue weighted by molar-refractivity contribution is 0.475. The number of aryl methyl sites for hydroxylation is 1. The molecule has 0 saturated carbocycles. The van der Waals surface area contributed by atoms with Crippen LogP contribution in [0.1, 0.15) is 30.3 Å². The van der Waals surface area contributed by atoms with Crippen molar-refractivity contribution < 1.29 is 0 Å². The molecule has 0 N–H and O–H groups in total. The Morgan fingerprint density at radius 1 is 1.08 bits per heavy atom. The fourth-order valence-corrected chi connectivity index (χ4v) is 4.36. The van der Waals surface area contributed by atoms with Gasteiger partial charge < -0.3 is 4.90 Å². The van der Waals surface area contributed by atoms with E-state index in [2.05, 4.69) is 35.5 Å². The van der Waals surface area contributed by atoms with Gasteiger partial charge in [0.15, 0.2) is 11.5 Å². The van der Waals surface area contributed by atoms with E-state index in [1.54, 1.807) is 17.7 Å². The first-order chi connectivity index (χ1) is 12.3. The molecule has 1 fully saturated rings. The van der Waals surface area contributed by atoms with Crippen molar-refractivity contribution in [2.75, 3.05) is 18.0 Å². The largest absolute Gasteiger partial charge is 0.355 e. The molecule has 1 aliphatic rings. The molecule has 0 radical (unpaired) electrons. The van der Waals surface area contributed by atoms with Gasteiger partial charge in [-0.25, -0.2) is 9.97 Å². The van der Waals surface area contributed by atoms with Crippen molar-refractivity contribution in [2.24, 2.45) is 0 Å². The summed E-state index contributed by atoms with van der Waals surface area (Å²) in [7, 11) is 0. The molecule has 0 unspecified atom stereocenters. The minimum absolute atomic E-state index is 0.376. The van der Waals surface area contributed by atoms with Crippen molar-refractivity contribution in [1.82, 2.24) is 29.8 Å². The zero-order chi connectivity index (χ0) is 16.8. The third kappa shape index (κ3) is 2.44. The summed E-state index contributed by atoms with van der Waals surface area (Å²) in [6.07, 6.45) is 3.70. The third-order valence-electron chi connectivity index (χ3n) is 4.80. The van der Waals surface area contributed by atoms with E-state index in [0.717, 1.165) is 54.4 Å². The lowest BCUT2D eigenvalue weighted by Crippen LogP contribution is -2.34. The Morgan fingerprint density at radius 3 is 2.84 bits per heavy atom. The van der Waals surface area contributed by atoms with Crippen molar-refractivity contribution in [1.29, 1.82) is 0 Å². The average molecular weight is 351 g/mol. The van der Waals surface area contributed by atoms with Gasteiger partial charge in [0.05, 0.1) is 15.9 Å². The van der Waals surface area contributed by atoms with Gasteiger partial charge >= 0.3 is 0 Å². The molecule has 0 aromatic carbocycles. The van der Waals surface area contributed by atoms with Crippen molar-refractivity contribution in [3.63, 3.8) is 0 Å². The summed E-state index contributed by atoms with van der Waals surface area (Å²) in [5.74, 6) is 2.40. The first kappa shape index (κ1) is 14.7. The van der Waals surface area contributed by atoms with Crippen LogP contribution in [0.15, 0.2) is 29.9 Å².